The van der Waals surface area contributed by atoms with Crippen LogP contribution in [0.25, 0.3) is 0 Å². The van der Waals surface area contributed by atoms with Crippen molar-refractivity contribution in [3.05, 3.63) is 23.8 Å². The van der Waals surface area contributed by atoms with Crippen LogP contribution < -0.4 is 20.1 Å². The van der Waals surface area contributed by atoms with E-state index < -0.39 is 0 Å². The lowest BCUT2D eigenvalue weighted by Gasteiger charge is -2.31. The molecule has 0 radical (unpaired) electrons. The SMILES string of the molecule is CN=C(NCc1cccc2c1OCO2)NCC1(C(=O)N(C)C)CCCC1. The van der Waals surface area contributed by atoms with E-state index in [1.54, 1.807) is 11.9 Å². The lowest BCUT2D eigenvalue weighted by atomic mass is 9.84. The molecular weight excluding hydrogens is 332 g/mol. The van der Waals surface area contributed by atoms with E-state index in [4.69, 9.17) is 9.47 Å². The fraction of sp³-hybridized carbons (Fsp3) is 0.579. The molecule has 1 aromatic rings. The monoisotopic (exact) mass is 360 g/mol. The van der Waals surface area contributed by atoms with Crippen LogP contribution in [0, 0.1) is 5.41 Å². The van der Waals surface area contributed by atoms with Crippen LogP contribution in [0.3, 0.4) is 0 Å². The predicted molar refractivity (Wildman–Crippen MR) is 100 cm³/mol. The number of fused-ring (bicyclic) bond motifs is 1. The lowest BCUT2D eigenvalue weighted by Crippen LogP contribution is -2.49. The zero-order valence-corrected chi connectivity index (χ0v) is 15.8. The van der Waals surface area contributed by atoms with Crippen molar-refractivity contribution in [2.75, 3.05) is 34.5 Å². The molecule has 0 bridgehead atoms. The second kappa shape index (κ2) is 7.85. The topological polar surface area (TPSA) is 75.2 Å². The summed E-state index contributed by atoms with van der Waals surface area (Å²) in [4.78, 5) is 18.7. The molecule has 1 fully saturated rings. The number of nitrogens with one attached hydrogen (secondary N) is 2. The van der Waals surface area contributed by atoms with E-state index in [-0.39, 0.29) is 18.1 Å². The molecule has 142 valence electrons. The van der Waals surface area contributed by atoms with Crippen molar-refractivity contribution in [2.45, 2.75) is 32.2 Å². The van der Waals surface area contributed by atoms with Gasteiger partial charge in [-0.05, 0) is 18.9 Å². The highest BCUT2D eigenvalue weighted by Crippen LogP contribution is 2.39. The summed E-state index contributed by atoms with van der Waals surface area (Å²) in [6, 6.07) is 5.85. The van der Waals surface area contributed by atoms with Crippen molar-refractivity contribution in [1.82, 2.24) is 15.5 Å². The Morgan fingerprint density at radius 2 is 2.00 bits per heavy atom. The van der Waals surface area contributed by atoms with Gasteiger partial charge in [0.2, 0.25) is 12.7 Å². The second-order valence-corrected chi connectivity index (χ2v) is 7.12. The van der Waals surface area contributed by atoms with Crippen molar-refractivity contribution < 1.29 is 14.3 Å². The number of guanidine groups is 1. The first-order valence-electron chi connectivity index (χ1n) is 9.09. The number of amides is 1. The van der Waals surface area contributed by atoms with Crippen LogP contribution in [0.5, 0.6) is 11.5 Å². The molecule has 3 rings (SSSR count). The molecular formula is C19H28N4O3. The zero-order valence-electron chi connectivity index (χ0n) is 15.8. The van der Waals surface area contributed by atoms with Crippen LogP contribution in [-0.2, 0) is 11.3 Å². The van der Waals surface area contributed by atoms with Crippen molar-refractivity contribution in [3.8, 4) is 11.5 Å². The molecule has 1 aliphatic carbocycles. The van der Waals surface area contributed by atoms with Crippen LogP contribution in [0.15, 0.2) is 23.2 Å². The van der Waals surface area contributed by atoms with Crippen molar-refractivity contribution >= 4 is 11.9 Å². The van der Waals surface area contributed by atoms with Gasteiger partial charge in [-0.15, -0.1) is 0 Å². The number of nitrogens with zero attached hydrogens (tertiary/aromatic N) is 2. The number of hydrogen-bond donors (Lipinski definition) is 2. The van der Waals surface area contributed by atoms with E-state index >= 15 is 0 Å². The maximum atomic E-state index is 12.7. The maximum Gasteiger partial charge on any atom is 0.231 e. The molecule has 2 aliphatic rings. The van der Waals surface area contributed by atoms with E-state index in [1.807, 2.05) is 32.3 Å². The third kappa shape index (κ3) is 3.71. The molecule has 1 saturated carbocycles. The Labute approximate surface area is 154 Å². The van der Waals surface area contributed by atoms with Gasteiger partial charge >= 0.3 is 0 Å². The highest BCUT2D eigenvalue weighted by molar-refractivity contribution is 5.85. The van der Waals surface area contributed by atoms with Crippen molar-refractivity contribution in [1.29, 1.82) is 0 Å². The highest BCUT2D eigenvalue weighted by atomic mass is 16.7. The summed E-state index contributed by atoms with van der Waals surface area (Å²) in [5.41, 5.74) is 0.689. The molecule has 1 heterocycles. The van der Waals surface area contributed by atoms with E-state index in [2.05, 4.69) is 15.6 Å². The van der Waals surface area contributed by atoms with Gasteiger partial charge in [0.15, 0.2) is 17.5 Å². The Balaban J connectivity index is 1.60. The van der Waals surface area contributed by atoms with Crippen LogP contribution in [0.4, 0.5) is 0 Å². The highest BCUT2D eigenvalue weighted by Gasteiger charge is 2.42. The first-order valence-corrected chi connectivity index (χ1v) is 9.09. The standard InChI is InChI=1S/C19H28N4O3/c1-20-18(21-11-14-7-6-8-15-16(14)26-13-25-15)22-12-19(9-4-5-10-19)17(24)23(2)3/h6-8H,4-5,9-13H2,1-3H3,(H2,20,21,22). The maximum absolute atomic E-state index is 12.7. The minimum absolute atomic E-state index is 0.199. The van der Waals surface area contributed by atoms with Gasteiger partial charge in [-0.3, -0.25) is 9.79 Å². The minimum Gasteiger partial charge on any atom is -0.454 e. The molecule has 0 unspecified atom stereocenters. The van der Waals surface area contributed by atoms with Crippen LogP contribution >= 0.6 is 0 Å². The third-order valence-electron chi connectivity index (χ3n) is 5.16. The van der Waals surface area contributed by atoms with Gasteiger partial charge in [0, 0.05) is 39.8 Å². The average Bonchev–Trinajstić information content (AvgIpc) is 3.31. The number of para-hydroxylation sites is 1. The summed E-state index contributed by atoms with van der Waals surface area (Å²) in [7, 11) is 5.39. The molecule has 0 saturated heterocycles. The summed E-state index contributed by atoms with van der Waals surface area (Å²) >= 11 is 0. The smallest absolute Gasteiger partial charge is 0.231 e. The van der Waals surface area contributed by atoms with Crippen LogP contribution in [0.2, 0.25) is 0 Å². The van der Waals surface area contributed by atoms with E-state index in [0.29, 0.717) is 19.0 Å². The number of carbonyl (C=O) groups is 1. The van der Waals surface area contributed by atoms with Crippen LogP contribution in [-0.4, -0.2) is 51.2 Å². The van der Waals surface area contributed by atoms with E-state index in [0.717, 1.165) is 42.7 Å². The number of rotatable bonds is 5. The average molecular weight is 360 g/mol. The molecule has 7 heteroatoms. The normalized spacial score (nSPS) is 17.9. The molecule has 26 heavy (non-hydrogen) atoms. The summed E-state index contributed by atoms with van der Waals surface area (Å²) in [6.07, 6.45) is 4.04. The fourth-order valence-electron chi connectivity index (χ4n) is 3.77. The fourth-order valence-corrected chi connectivity index (χ4v) is 3.77. The summed E-state index contributed by atoms with van der Waals surface area (Å²) in [5, 5.41) is 6.65. The lowest BCUT2D eigenvalue weighted by molar-refractivity contribution is -0.138. The molecule has 0 atom stereocenters. The predicted octanol–water partition coefficient (Wildman–Crippen LogP) is 1.73. The molecule has 0 aromatic heterocycles. The number of aliphatic imine (C=N–C) groups is 1. The van der Waals surface area contributed by atoms with Gasteiger partial charge in [0.25, 0.3) is 0 Å². The molecule has 1 aromatic carbocycles. The largest absolute Gasteiger partial charge is 0.454 e. The summed E-state index contributed by atoms with van der Waals surface area (Å²) in [6.45, 7) is 1.42. The number of ether oxygens (including phenoxy) is 2. The summed E-state index contributed by atoms with van der Waals surface area (Å²) in [5.74, 6) is 2.43. The van der Waals surface area contributed by atoms with Gasteiger partial charge < -0.3 is 25.0 Å². The minimum atomic E-state index is -0.327. The first kappa shape index (κ1) is 18.4. The Bertz CT molecular complexity index is 681. The number of benzene rings is 1. The Morgan fingerprint density at radius 1 is 1.23 bits per heavy atom. The molecule has 0 spiro atoms. The van der Waals surface area contributed by atoms with Crippen molar-refractivity contribution in [2.24, 2.45) is 10.4 Å². The first-order chi connectivity index (χ1) is 12.6. The molecule has 7 nitrogen and oxygen atoms in total. The molecule has 1 aliphatic heterocycles. The Morgan fingerprint density at radius 3 is 2.69 bits per heavy atom. The van der Waals surface area contributed by atoms with Gasteiger partial charge in [-0.1, -0.05) is 25.0 Å². The Kier molecular flexibility index (Phi) is 5.54. The number of carbonyl (C=O) groups excluding carboxylic acids is 1. The number of hydrogen-bond acceptors (Lipinski definition) is 4. The molecule has 2 N–H and O–H groups in total. The quantitative estimate of drug-likeness (QED) is 0.618. The van der Waals surface area contributed by atoms with Crippen LogP contribution in [0.1, 0.15) is 31.2 Å². The van der Waals surface area contributed by atoms with Gasteiger partial charge in [-0.2, -0.15) is 0 Å². The van der Waals surface area contributed by atoms with Gasteiger partial charge in [0.05, 0.1) is 5.41 Å². The van der Waals surface area contributed by atoms with Crippen molar-refractivity contribution in [3.63, 3.8) is 0 Å². The zero-order chi connectivity index (χ0) is 18.6. The second-order valence-electron chi connectivity index (χ2n) is 7.12. The van der Waals surface area contributed by atoms with E-state index in [9.17, 15) is 4.79 Å². The third-order valence-corrected chi connectivity index (χ3v) is 5.16. The van der Waals surface area contributed by atoms with E-state index in [1.165, 1.54) is 0 Å². The van der Waals surface area contributed by atoms with Gasteiger partial charge in [0.1, 0.15) is 0 Å². The molecule has 1 amide bonds. The summed E-state index contributed by atoms with van der Waals surface area (Å²) < 4.78 is 10.9. The van der Waals surface area contributed by atoms with Gasteiger partial charge in [-0.25, -0.2) is 0 Å². The Hall–Kier alpha value is -2.44.